The molecule has 0 amide bonds. The first kappa shape index (κ1) is 13.8. The van der Waals surface area contributed by atoms with Crippen LogP contribution >= 0.6 is 0 Å². The number of rotatable bonds is 4. The smallest absolute Gasteiger partial charge is 0.140 e. The highest BCUT2D eigenvalue weighted by Crippen LogP contribution is 2.39. The van der Waals surface area contributed by atoms with E-state index in [9.17, 15) is 9.59 Å². The second-order valence-electron chi connectivity index (χ2n) is 5.13. The highest BCUT2D eigenvalue weighted by Gasteiger charge is 2.40. The Morgan fingerprint density at radius 1 is 1.21 bits per heavy atom. The second-order valence-corrected chi connectivity index (χ2v) is 5.13. The van der Waals surface area contributed by atoms with Crippen LogP contribution in [-0.2, 0) is 15.0 Å². The van der Waals surface area contributed by atoms with Crippen molar-refractivity contribution in [3.05, 3.63) is 29.8 Å². The lowest BCUT2D eigenvalue weighted by molar-refractivity contribution is -0.127. The van der Waals surface area contributed by atoms with E-state index in [1.54, 1.807) is 6.92 Å². The Morgan fingerprint density at radius 3 is 2.26 bits per heavy atom. The topological polar surface area (TPSA) is 43.4 Å². The Kier molecular flexibility index (Phi) is 4.03. The van der Waals surface area contributed by atoms with Crippen molar-refractivity contribution in [2.45, 2.75) is 44.9 Å². The molecule has 0 spiro atoms. The van der Waals surface area contributed by atoms with Crippen LogP contribution in [0.1, 0.15) is 45.1 Å². The fraction of sp³-hybridized carbons (Fsp3) is 0.500. The van der Waals surface area contributed by atoms with Crippen molar-refractivity contribution >= 4 is 11.6 Å². The van der Waals surface area contributed by atoms with Gasteiger partial charge in [-0.3, -0.25) is 9.59 Å². The van der Waals surface area contributed by atoms with Crippen LogP contribution in [0.5, 0.6) is 5.75 Å². The second kappa shape index (κ2) is 5.55. The molecule has 2 rings (SSSR count). The first-order valence-electron chi connectivity index (χ1n) is 6.84. The first-order valence-corrected chi connectivity index (χ1v) is 6.84. The maximum absolute atomic E-state index is 12.1. The van der Waals surface area contributed by atoms with Gasteiger partial charge in [-0.1, -0.05) is 12.1 Å². The fourth-order valence-electron chi connectivity index (χ4n) is 2.84. The Balaban J connectivity index is 2.29. The summed E-state index contributed by atoms with van der Waals surface area (Å²) in [5.41, 5.74) is 0.537. The Morgan fingerprint density at radius 2 is 1.79 bits per heavy atom. The monoisotopic (exact) mass is 260 g/mol. The van der Waals surface area contributed by atoms with Gasteiger partial charge in [-0.15, -0.1) is 0 Å². The minimum atomic E-state index is -0.474. The van der Waals surface area contributed by atoms with Crippen molar-refractivity contribution in [1.82, 2.24) is 0 Å². The first-order chi connectivity index (χ1) is 9.08. The number of benzene rings is 1. The third-order valence-electron chi connectivity index (χ3n) is 4.05. The van der Waals surface area contributed by atoms with Gasteiger partial charge in [-0.25, -0.2) is 0 Å². The highest BCUT2D eigenvalue weighted by atomic mass is 16.5. The SMILES string of the molecule is CCOc1ccc(C2(C(C)=O)CCC(=O)CC2)cc1. The van der Waals surface area contributed by atoms with E-state index in [0.717, 1.165) is 11.3 Å². The lowest BCUT2D eigenvalue weighted by Gasteiger charge is -2.35. The van der Waals surface area contributed by atoms with Gasteiger partial charge in [0.05, 0.1) is 12.0 Å². The Bertz CT molecular complexity index is 463. The molecular formula is C16H20O3. The summed E-state index contributed by atoms with van der Waals surface area (Å²) in [6, 6.07) is 7.73. The third-order valence-corrected chi connectivity index (χ3v) is 4.05. The van der Waals surface area contributed by atoms with Gasteiger partial charge in [0.25, 0.3) is 0 Å². The molecule has 1 aromatic rings. The van der Waals surface area contributed by atoms with Crippen LogP contribution in [0.25, 0.3) is 0 Å². The van der Waals surface area contributed by atoms with E-state index in [4.69, 9.17) is 4.74 Å². The molecule has 1 aliphatic rings. The number of carbonyl (C=O) groups excluding carboxylic acids is 2. The van der Waals surface area contributed by atoms with Crippen molar-refractivity contribution < 1.29 is 14.3 Å². The van der Waals surface area contributed by atoms with E-state index < -0.39 is 5.41 Å². The molecule has 0 N–H and O–H groups in total. The summed E-state index contributed by atoms with van der Waals surface area (Å²) >= 11 is 0. The Hall–Kier alpha value is -1.64. The minimum Gasteiger partial charge on any atom is -0.494 e. The summed E-state index contributed by atoms with van der Waals surface area (Å²) in [7, 11) is 0. The van der Waals surface area contributed by atoms with Crippen LogP contribution < -0.4 is 4.74 Å². The van der Waals surface area contributed by atoms with E-state index in [0.29, 0.717) is 32.3 Å². The summed E-state index contributed by atoms with van der Waals surface area (Å²) in [6.07, 6.45) is 2.28. The molecule has 1 saturated carbocycles. The maximum Gasteiger partial charge on any atom is 0.140 e. The quantitative estimate of drug-likeness (QED) is 0.835. The van der Waals surface area contributed by atoms with Crippen LogP contribution in [0, 0.1) is 0 Å². The molecule has 0 heterocycles. The summed E-state index contributed by atoms with van der Waals surface area (Å²) in [6.45, 7) is 4.20. The van der Waals surface area contributed by atoms with Gasteiger partial charge in [0.2, 0.25) is 0 Å². The molecule has 3 heteroatoms. The van der Waals surface area contributed by atoms with Crippen LogP contribution in [0.3, 0.4) is 0 Å². The zero-order valence-electron chi connectivity index (χ0n) is 11.6. The average molecular weight is 260 g/mol. The molecule has 0 unspecified atom stereocenters. The summed E-state index contributed by atoms with van der Waals surface area (Å²) < 4.78 is 5.42. The molecule has 1 aromatic carbocycles. The Labute approximate surface area is 114 Å². The largest absolute Gasteiger partial charge is 0.494 e. The van der Waals surface area contributed by atoms with Gasteiger partial charge in [-0.2, -0.15) is 0 Å². The van der Waals surface area contributed by atoms with E-state index in [2.05, 4.69) is 0 Å². The predicted octanol–water partition coefficient (Wildman–Crippen LogP) is 3.06. The molecule has 3 nitrogen and oxygen atoms in total. The maximum atomic E-state index is 12.1. The molecular weight excluding hydrogens is 240 g/mol. The number of ether oxygens (including phenoxy) is 1. The van der Waals surface area contributed by atoms with E-state index in [-0.39, 0.29) is 11.6 Å². The zero-order valence-corrected chi connectivity index (χ0v) is 11.6. The lowest BCUT2D eigenvalue weighted by atomic mass is 9.67. The molecule has 102 valence electrons. The molecule has 19 heavy (non-hydrogen) atoms. The van der Waals surface area contributed by atoms with Crippen LogP contribution in [0.15, 0.2) is 24.3 Å². The van der Waals surface area contributed by atoms with E-state index in [1.165, 1.54) is 0 Å². The van der Waals surface area contributed by atoms with Crippen LogP contribution in [0.4, 0.5) is 0 Å². The number of carbonyl (C=O) groups is 2. The molecule has 1 fully saturated rings. The van der Waals surface area contributed by atoms with Gasteiger partial charge in [0.15, 0.2) is 0 Å². The number of hydrogen-bond donors (Lipinski definition) is 0. The van der Waals surface area contributed by atoms with E-state index >= 15 is 0 Å². The van der Waals surface area contributed by atoms with Gasteiger partial charge >= 0.3 is 0 Å². The van der Waals surface area contributed by atoms with E-state index in [1.807, 2.05) is 31.2 Å². The summed E-state index contributed by atoms with van der Waals surface area (Å²) in [4.78, 5) is 23.5. The number of ketones is 2. The van der Waals surface area contributed by atoms with Gasteiger partial charge < -0.3 is 4.74 Å². The third kappa shape index (κ3) is 2.70. The number of Topliss-reactive ketones (excluding diaryl/α,β-unsaturated/α-hetero) is 2. The highest BCUT2D eigenvalue weighted by molar-refractivity contribution is 5.91. The molecule has 0 bridgehead atoms. The van der Waals surface area contributed by atoms with Gasteiger partial charge in [-0.05, 0) is 44.4 Å². The van der Waals surface area contributed by atoms with Crippen LogP contribution in [0.2, 0.25) is 0 Å². The average Bonchev–Trinajstić information content (AvgIpc) is 2.41. The molecule has 0 saturated heterocycles. The molecule has 0 aromatic heterocycles. The van der Waals surface area contributed by atoms with Gasteiger partial charge in [0.1, 0.15) is 17.3 Å². The van der Waals surface area contributed by atoms with Gasteiger partial charge in [0, 0.05) is 12.8 Å². The van der Waals surface area contributed by atoms with Crippen molar-refractivity contribution in [2.24, 2.45) is 0 Å². The normalized spacial score (nSPS) is 18.1. The standard InChI is InChI=1S/C16H20O3/c1-3-19-15-6-4-13(5-7-15)16(12(2)17)10-8-14(18)9-11-16/h4-7H,3,8-11H2,1-2H3. The van der Waals surface area contributed by atoms with Crippen molar-refractivity contribution in [3.63, 3.8) is 0 Å². The molecule has 1 aliphatic carbocycles. The zero-order chi connectivity index (χ0) is 13.9. The summed E-state index contributed by atoms with van der Waals surface area (Å²) in [5.74, 6) is 1.24. The lowest BCUT2D eigenvalue weighted by Crippen LogP contribution is -2.38. The van der Waals surface area contributed by atoms with Crippen LogP contribution in [-0.4, -0.2) is 18.2 Å². The molecule has 0 radical (unpaired) electrons. The van der Waals surface area contributed by atoms with Crippen molar-refractivity contribution in [1.29, 1.82) is 0 Å². The predicted molar refractivity (Wildman–Crippen MR) is 73.4 cm³/mol. The molecule has 0 aliphatic heterocycles. The minimum absolute atomic E-state index is 0.157. The van der Waals surface area contributed by atoms with Crippen molar-refractivity contribution in [2.75, 3.05) is 6.61 Å². The van der Waals surface area contributed by atoms with Crippen molar-refractivity contribution in [3.8, 4) is 5.75 Å². The molecule has 0 atom stereocenters. The number of hydrogen-bond acceptors (Lipinski definition) is 3. The fourth-order valence-corrected chi connectivity index (χ4v) is 2.84. The summed E-state index contributed by atoms with van der Waals surface area (Å²) in [5, 5.41) is 0.